The van der Waals surface area contributed by atoms with E-state index >= 15 is 0 Å². The van der Waals surface area contributed by atoms with Crippen LogP contribution in [-0.4, -0.2) is 45.5 Å². The predicted molar refractivity (Wildman–Crippen MR) is 105 cm³/mol. The Morgan fingerprint density at radius 3 is 2.69 bits per heavy atom. The van der Waals surface area contributed by atoms with Crippen LogP contribution in [0.15, 0.2) is 35.8 Å². The Morgan fingerprint density at radius 2 is 1.93 bits per heavy atom. The monoisotopic (exact) mass is 414 g/mol. The number of anilines is 1. The summed E-state index contributed by atoms with van der Waals surface area (Å²) in [7, 11) is 0. The normalized spacial score (nSPS) is 11.7. The molecule has 1 N–H and O–H groups in total. The molecule has 2 aromatic heterocycles. The third kappa shape index (κ3) is 5.32. The van der Waals surface area contributed by atoms with Gasteiger partial charge in [-0.1, -0.05) is 12.1 Å². The van der Waals surface area contributed by atoms with E-state index in [2.05, 4.69) is 20.3 Å². The number of benzene rings is 1. The fraction of sp³-hybridized carbons (Fsp3) is 0.263. The Morgan fingerprint density at radius 1 is 1.17 bits per heavy atom. The maximum absolute atomic E-state index is 12.3. The van der Waals surface area contributed by atoms with E-state index < -0.39 is 23.9 Å². The zero-order chi connectivity index (χ0) is 20.8. The molecule has 3 rings (SSSR count). The van der Waals surface area contributed by atoms with Crippen LogP contribution in [0.5, 0.6) is 0 Å². The van der Waals surface area contributed by atoms with Crippen molar-refractivity contribution in [3.05, 3.63) is 47.2 Å². The molecule has 10 heteroatoms. The fourth-order valence-electron chi connectivity index (χ4n) is 2.34. The first-order chi connectivity index (χ1) is 14.0. The number of carbonyl (C=O) groups excluding carboxylic acids is 3. The second-order valence-corrected chi connectivity index (χ2v) is 6.76. The molecule has 0 spiro atoms. The highest BCUT2D eigenvalue weighted by molar-refractivity contribution is 7.13. The summed E-state index contributed by atoms with van der Waals surface area (Å²) < 4.78 is 10.0. The number of esters is 2. The molecule has 0 aliphatic heterocycles. The Hall–Kier alpha value is -3.40. The van der Waals surface area contributed by atoms with Gasteiger partial charge < -0.3 is 9.47 Å². The summed E-state index contributed by atoms with van der Waals surface area (Å²) in [4.78, 5) is 48.5. The van der Waals surface area contributed by atoms with Crippen LogP contribution in [0, 0.1) is 0 Å². The van der Waals surface area contributed by atoms with Crippen molar-refractivity contribution in [3.8, 4) is 0 Å². The minimum absolute atomic E-state index is 0.00863. The Balaban J connectivity index is 1.57. The molecular formula is C19H18N4O5S. The van der Waals surface area contributed by atoms with E-state index in [0.717, 1.165) is 11.3 Å². The summed E-state index contributed by atoms with van der Waals surface area (Å²) in [5, 5.41) is 4.50. The Kier molecular flexibility index (Phi) is 6.45. The van der Waals surface area contributed by atoms with Crippen LogP contribution in [0.2, 0.25) is 0 Å². The van der Waals surface area contributed by atoms with Crippen LogP contribution in [0.4, 0.5) is 5.13 Å². The van der Waals surface area contributed by atoms with Gasteiger partial charge in [0, 0.05) is 5.38 Å². The number of thiazole rings is 1. The lowest BCUT2D eigenvalue weighted by molar-refractivity contribution is -0.142. The number of fused-ring (bicyclic) bond motifs is 1. The van der Waals surface area contributed by atoms with Crippen LogP contribution < -0.4 is 5.32 Å². The number of amides is 1. The molecule has 1 amide bonds. The van der Waals surface area contributed by atoms with Gasteiger partial charge >= 0.3 is 11.9 Å². The summed E-state index contributed by atoms with van der Waals surface area (Å²) in [5.74, 6) is -1.70. The van der Waals surface area contributed by atoms with Gasteiger partial charge in [-0.25, -0.2) is 14.8 Å². The highest BCUT2D eigenvalue weighted by Gasteiger charge is 2.21. The lowest BCUT2D eigenvalue weighted by Gasteiger charge is -2.12. The fourth-order valence-corrected chi connectivity index (χ4v) is 3.06. The number of nitrogens with one attached hydrogen (secondary N) is 1. The van der Waals surface area contributed by atoms with Crippen molar-refractivity contribution in [2.24, 2.45) is 0 Å². The van der Waals surface area contributed by atoms with Crippen molar-refractivity contribution in [2.75, 3.05) is 11.9 Å². The summed E-state index contributed by atoms with van der Waals surface area (Å²) >= 11 is 1.16. The van der Waals surface area contributed by atoms with E-state index in [1.165, 1.54) is 13.1 Å². The lowest BCUT2D eigenvalue weighted by atomic mass is 10.3. The van der Waals surface area contributed by atoms with Gasteiger partial charge in [-0.05, 0) is 26.0 Å². The molecule has 0 radical (unpaired) electrons. The van der Waals surface area contributed by atoms with Gasteiger partial charge in [-0.3, -0.25) is 19.9 Å². The molecule has 9 nitrogen and oxygen atoms in total. The number of aromatic nitrogens is 3. The molecule has 29 heavy (non-hydrogen) atoms. The van der Waals surface area contributed by atoms with Crippen LogP contribution in [0.1, 0.15) is 30.0 Å². The topological polar surface area (TPSA) is 120 Å². The number of rotatable bonds is 7. The summed E-state index contributed by atoms with van der Waals surface area (Å²) in [5.41, 5.74) is 1.70. The van der Waals surface area contributed by atoms with Crippen molar-refractivity contribution >= 4 is 45.3 Å². The number of hydrogen-bond acceptors (Lipinski definition) is 9. The summed E-state index contributed by atoms with van der Waals surface area (Å²) in [6, 6.07) is 7.11. The van der Waals surface area contributed by atoms with Gasteiger partial charge in [0.15, 0.2) is 16.9 Å². The van der Waals surface area contributed by atoms with Gasteiger partial charge in [0.25, 0.3) is 5.91 Å². The maximum Gasteiger partial charge on any atom is 0.359 e. The van der Waals surface area contributed by atoms with Crippen molar-refractivity contribution in [1.29, 1.82) is 0 Å². The molecule has 0 bridgehead atoms. The number of nitrogens with zero attached hydrogens (tertiary/aromatic N) is 3. The van der Waals surface area contributed by atoms with Crippen LogP contribution in [0.3, 0.4) is 0 Å². The lowest BCUT2D eigenvalue weighted by Crippen LogP contribution is -2.30. The molecule has 150 valence electrons. The minimum Gasteiger partial charge on any atom is -0.466 e. The largest absolute Gasteiger partial charge is 0.466 e. The highest BCUT2D eigenvalue weighted by atomic mass is 32.1. The Bertz CT molecular complexity index is 1050. The first kappa shape index (κ1) is 20.3. The zero-order valence-corrected chi connectivity index (χ0v) is 16.6. The molecule has 0 aliphatic carbocycles. The molecule has 0 aliphatic rings. The summed E-state index contributed by atoms with van der Waals surface area (Å²) in [6.45, 7) is 3.45. The maximum atomic E-state index is 12.3. The first-order valence-corrected chi connectivity index (χ1v) is 9.68. The third-order valence-electron chi connectivity index (χ3n) is 3.72. The second-order valence-electron chi connectivity index (χ2n) is 5.91. The van der Waals surface area contributed by atoms with E-state index in [9.17, 15) is 14.4 Å². The van der Waals surface area contributed by atoms with E-state index in [1.807, 2.05) is 6.07 Å². The zero-order valence-electron chi connectivity index (χ0n) is 15.7. The number of para-hydroxylation sites is 2. The van der Waals surface area contributed by atoms with Crippen LogP contribution in [0.25, 0.3) is 11.0 Å². The Labute approximate surface area is 170 Å². The first-order valence-electron chi connectivity index (χ1n) is 8.80. The van der Waals surface area contributed by atoms with Crippen molar-refractivity contribution in [2.45, 2.75) is 26.4 Å². The quantitative estimate of drug-likeness (QED) is 0.585. The van der Waals surface area contributed by atoms with Crippen molar-refractivity contribution in [3.63, 3.8) is 0 Å². The molecule has 2 heterocycles. The van der Waals surface area contributed by atoms with Gasteiger partial charge in [-0.15, -0.1) is 11.3 Å². The van der Waals surface area contributed by atoms with E-state index in [0.29, 0.717) is 21.9 Å². The molecule has 0 fully saturated rings. The number of hydrogen-bond donors (Lipinski definition) is 1. The molecule has 1 unspecified atom stereocenters. The number of ether oxygens (including phenoxy) is 2. The molecule has 3 aromatic rings. The number of carbonyl (C=O) groups is 3. The van der Waals surface area contributed by atoms with Crippen LogP contribution >= 0.6 is 11.3 Å². The van der Waals surface area contributed by atoms with E-state index in [4.69, 9.17) is 9.47 Å². The van der Waals surface area contributed by atoms with Gasteiger partial charge in [0.1, 0.15) is 0 Å². The molecule has 0 saturated carbocycles. The SMILES string of the molecule is CCOC(=O)Cc1csc(NC(=O)C(C)OC(=O)c2cnc3ccccc3n2)n1. The minimum atomic E-state index is -1.08. The van der Waals surface area contributed by atoms with Gasteiger partial charge in [0.2, 0.25) is 0 Å². The smallest absolute Gasteiger partial charge is 0.359 e. The van der Waals surface area contributed by atoms with Crippen LogP contribution in [-0.2, 0) is 25.5 Å². The van der Waals surface area contributed by atoms with Crippen molar-refractivity contribution < 1.29 is 23.9 Å². The van der Waals surface area contributed by atoms with E-state index in [1.54, 1.807) is 30.5 Å². The average molecular weight is 414 g/mol. The molecular weight excluding hydrogens is 396 g/mol. The second kappa shape index (κ2) is 9.20. The molecule has 1 aromatic carbocycles. The highest BCUT2D eigenvalue weighted by Crippen LogP contribution is 2.17. The predicted octanol–water partition coefficient (Wildman–Crippen LogP) is 2.38. The van der Waals surface area contributed by atoms with Gasteiger partial charge in [-0.2, -0.15) is 0 Å². The third-order valence-corrected chi connectivity index (χ3v) is 4.53. The molecule has 0 saturated heterocycles. The standard InChI is InChI=1S/C19H18N4O5S/c1-3-27-16(24)8-12-10-29-19(21-12)23-17(25)11(2)28-18(26)15-9-20-13-6-4-5-7-14(13)22-15/h4-7,9-11H,3,8H2,1-2H3,(H,21,23,25). The average Bonchev–Trinajstić information content (AvgIpc) is 3.14. The van der Waals surface area contributed by atoms with E-state index in [-0.39, 0.29) is 18.7 Å². The molecule has 1 atom stereocenters. The van der Waals surface area contributed by atoms with Crippen molar-refractivity contribution in [1.82, 2.24) is 15.0 Å². The summed E-state index contributed by atoms with van der Waals surface area (Å²) in [6.07, 6.45) is 0.247. The van der Waals surface area contributed by atoms with Gasteiger partial charge in [0.05, 0.1) is 36.0 Å².